The fourth-order valence-electron chi connectivity index (χ4n) is 0.269. The number of nitrogens with one attached hydrogen (secondary N) is 1. The van der Waals surface area contributed by atoms with Gasteiger partial charge in [-0.3, -0.25) is 4.79 Å². The van der Waals surface area contributed by atoms with Crippen molar-refractivity contribution in [2.45, 2.75) is 20.8 Å². The molecule has 0 aromatic rings. The number of ketones is 1. The first-order valence-corrected chi connectivity index (χ1v) is 3.48. The Morgan fingerprint density at radius 1 is 1.45 bits per heavy atom. The maximum Gasteiger partial charge on any atom is 0.407 e. The Labute approximate surface area is 68.4 Å². The van der Waals surface area contributed by atoms with Crippen molar-refractivity contribution in [1.82, 2.24) is 5.32 Å². The first-order chi connectivity index (χ1) is 5.16. The molecule has 68 valence electrons. The van der Waals surface area contributed by atoms with Crippen LogP contribution in [0.1, 0.15) is 22.2 Å². The van der Waals surface area contributed by atoms with Crippen molar-refractivity contribution in [3.8, 4) is 0 Å². The molecule has 0 heterocycles. The summed E-state index contributed by atoms with van der Waals surface area (Å²) in [6.45, 7) is 5.42. The molecule has 0 aliphatic rings. The highest BCUT2D eigenvalue weighted by atomic mass is 16.5. The van der Waals surface area contributed by atoms with E-state index < -0.39 is 6.09 Å². The molecule has 0 unspecified atom stereocenters. The number of hydrogen-bond acceptors (Lipinski definition) is 3. The molecule has 0 bridgehead atoms. The third-order valence-electron chi connectivity index (χ3n) is 0.667. The van der Waals surface area contributed by atoms with E-state index in [4.69, 9.17) is 0 Å². The van der Waals surface area contributed by atoms with Gasteiger partial charge in [0, 0.05) is 1.43 Å². The monoisotopic (exact) mass is 163 g/mol. The summed E-state index contributed by atoms with van der Waals surface area (Å²) >= 11 is 0. The third kappa shape index (κ3) is 12.2. The molecule has 0 aliphatic carbocycles. The van der Waals surface area contributed by atoms with E-state index in [1.54, 1.807) is 0 Å². The molecule has 0 rings (SSSR count). The van der Waals surface area contributed by atoms with Gasteiger partial charge in [0.25, 0.3) is 0 Å². The molecule has 1 N–H and O–H groups in total. The molecule has 1 amide bonds. The molecule has 4 heteroatoms. The highest BCUT2D eigenvalue weighted by Crippen LogP contribution is 1.70. The largest absolute Gasteiger partial charge is 0.453 e. The van der Waals surface area contributed by atoms with Crippen LogP contribution in [0.5, 0.6) is 0 Å². The predicted octanol–water partition coefficient (Wildman–Crippen LogP) is 1.20. The van der Waals surface area contributed by atoms with E-state index in [0.717, 1.165) is 0 Å². The summed E-state index contributed by atoms with van der Waals surface area (Å²) in [7, 11) is 1.25. The number of hydrogen-bond donors (Lipinski definition) is 1. The van der Waals surface area contributed by atoms with Crippen LogP contribution in [-0.4, -0.2) is 25.5 Å². The Balaban J connectivity index is -0.000000249. The maximum absolute atomic E-state index is 10.2. The topological polar surface area (TPSA) is 55.4 Å². The van der Waals surface area contributed by atoms with Crippen molar-refractivity contribution >= 4 is 11.9 Å². The molecule has 0 aliphatic heterocycles. The summed E-state index contributed by atoms with van der Waals surface area (Å²) in [6, 6.07) is 0. The molecule has 0 aromatic heterocycles. The molecule has 0 radical (unpaired) electrons. The SMILES string of the molecule is CC.COC(=O)NCC(C)=O.[HH]. The average molecular weight is 163 g/mol. The van der Waals surface area contributed by atoms with Crippen LogP contribution in [0.4, 0.5) is 4.79 Å². The molecule has 0 saturated carbocycles. The van der Waals surface area contributed by atoms with Crippen LogP contribution in [0.2, 0.25) is 0 Å². The second-order valence-electron chi connectivity index (χ2n) is 1.55. The first kappa shape index (κ1) is 12.6. The van der Waals surface area contributed by atoms with Gasteiger partial charge in [-0.15, -0.1) is 0 Å². The van der Waals surface area contributed by atoms with Crippen molar-refractivity contribution < 1.29 is 15.8 Å². The number of ether oxygens (including phenoxy) is 1. The number of carbonyl (C=O) groups is 2. The summed E-state index contributed by atoms with van der Waals surface area (Å²) < 4.78 is 4.20. The van der Waals surface area contributed by atoms with Crippen LogP contribution in [0, 0.1) is 0 Å². The van der Waals surface area contributed by atoms with Crippen LogP contribution >= 0.6 is 0 Å². The van der Waals surface area contributed by atoms with Gasteiger partial charge in [-0.1, -0.05) is 13.8 Å². The van der Waals surface area contributed by atoms with Crippen LogP contribution in [0.25, 0.3) is 0 Å². The Bertz CT molecular complexity index is 128. The van der Waals surface area contributed by atoms with Gasteiger partial charge in [-0.05, 0) is 6.92 Å². The van der Waals surface area contributed by atoms with E-state index in [1.165, 1.54) is 14.0 Å². The molecule has 0 saturated heterocycles. The zero-order valence-electron chi connectivity index (χ0n) is 7.43. The third-order valence-corrected chi connectivity index (χ3v) is 0.667. The standard InChI is InChI=1S/C5H9NO3.C2H6.H2/c1-4(7)3-6-5(8)9-2;1-2;/h3H2,1-2H3,(H,6,8);1-2H3;1H. The number of methoxy groups -OCH3 is 1. The van der Waals surface area contributed by atoms with Crippen LogP contribution in [-0.2, 0) is 9.53 Å². The van der Waals surface area contributed by atoms with E-state index in [1.807, 2.05) is 13.8 Å². The van der Waals surface area contributed by atoms with Crippen molar-refractivity contribution in [1.29, 1.82) is 0 Å². The quantitative estimate of drug-likeness (QED) is 0.665. The molecule has 4 nitrogen and oxygen atoms in total. The second-order valence-corrected chi connectivity index (χ2v) is 1.55. The van der Waals surface area contributed by atoms with Crippen molar-refractivity contribution in [3.05, 3.63) is 0 Å². The lowest BCUT2D eigenvalue weighted by molar-refractivity contribution is -0.116. The lowest BCUT2D eigenvalue weighted by Crippen LogP contribution is -2.27. The number of carbonyl (C=O) groups excluding carboxylic acids is 2. The summed E-state index contributed by atoms with van der Waals surface area (Å²) in [5, 5.41) is 2.22. The van der Waals surface area contributed by atoms with Gasteiger partial charge in [0.15, 0.2) is 0 Å². The smallest absolute Gasteiger partial charge is 0.407 e. The van der Waals surface area contributed by atoms with Crippen LogP contribution in [0.15, 0.2) is 0 Å². The predicted molar refractivity (Wildman–Crippen MR) is 44.6 cm³/mol. The second kappa shape index (κ2) is 8.94. The Kier molecular flexibility index (Phi) is 10.2. The fraction of sp³-hybridized carbons (Fsp3) is 0.714. The van der Waals surface area contributed by atoms with Gasteiger partial charge >= 0.3 is 6.09 Å². The fourth-order valence-corrected chi connectivity index (χ4v) is 0.269. The minimum Gasteiger partial charge on any atom is -0.453 e. The summed E-state index contributed by atoms with van der Waals surface area (Å²) in [4.78, 5) is 20.4. The van der Waals surface area contributed by atoms with Crippen LogP contribution in [0.3, 0.4) is 0 Å². The van der Waals surface area contributed by atoms with Gasteiger partial charge in [-0.2, -0.15) is 0 Å². The molecule has 0 aromatic carbocycles. The number of rotatable bonds is 2. The molecule has 11 heavy (non-hydrogen) atoms. The van der Waals surface area contributed by atoms with Crippen molar-refractivity contribution in [2.24, 2.45) is 0 Å². The van der Waals surface area contributed by atoms with Crippen molar-refractivity contribution in [3.63, 3.8) is 0 Å². The first-order valence-electron chi connectivity index (χ1n) is 3.48. The lowest BCUT2D eigenvalue weighted by Gasteiger charge is -1.97. The van der Waals surface area contributed by atoms with Crippen LogP contribution < -0.4 is 5.32 Å². The summed E-state index contributed by atoms with van der Waals surface area (Å²) in [6.07, 6.45) is -0.579. The average Bonchev–Trinajstić information content (AvgIpc) is 2.04. The number of amides is 1. The van der Waals surface area contributed by atoms with Gasteiger partial charge in [-0.25, -0.2) is 4.79 Å². The maximum atomic E-state index is 10.2. The molecule has 0 spiro atoms. The van der Waals surface area contributed by atoms with E-state index in [0.29, 0.717) is 0 Å². The molecular weight excluding hydrogens is 146 g/mol. The Morgan fingerprint density at radius 3 is 2.18 bits per heavy atom. The number of Topliss-reactive ketones (excluding diaryl/α,β-unsaturated/α-hetero) is 1. The van der Waals surface area contributed by atoms with E-state index in [-0.39, 0.29) is 13.8 Å². The molecule has 0 atom stereocenters. The molecule has 0 fully saturated rings. The Hall–Kier alpha value is -1.06. The molecular formula is C7H17NO3. The summed E-state index contributed by atoms with van der Waals surface area (Å²) in [5.74, 6) is -0.0969. The number of alkyl carbamates (subject to hydrolysis) is 1. The van der Waals surface area contributed by atoms with E-state index in [2.05, 4.69) is 10.1 Å². The van der Waals surface area contributed by atoms with Gasteiger partial charge in [0.1, 0.15) is 5.78 Å². The van der Waals surface area contributed by atoms with Crippen molar-refractivity contribution in [2.75, 3.05) is 13.7 Å². The zero-order valence-corrected chi connectivity index (χ0v) is 7.43. The highest BCUT2D eigenvalue weighted by Gasteiger charge is 1.97. The van der Waals surface area contributed by atoms with E-state index in [9.17, 15) is 9.59 Å². The minimum absolute atomic E-state index is 0. The minimum atomic E-state index is -0.579. The lowest BCUT2D eigenvalue weighted by atomic mass is 10.4. The summed E-state index contributed by atoms with van der Waals surface area (Å²) in [5.41, 5.74) is 0. The normalized spacial score (nSPS) is 7.27. The van der Waals surface area contributed by atoms with Gasteiger partial charge in [0.2, 0.25) is 0 Å². The Morgan fingerprint density at radius 2 is 1.91 bits per heavy atom. The van der Waals surface area contributed by atoms with Gasteiger partial charge in [0.05, 0.1) is 13.7 Å². The zero-order chi connectivity index (χ0) is 9.28. The van der Waals surface area contributed by atoms with E-state index >= 15 is 0 Å². The highest BCUT2D eigenvalue weighted by molar-refractivity contribution is 5.81. The van der Waals surface area contributed by atoms with Gasteiger partial charge < -0.3 is 10.1 Å².